The van der Waals surface area contributed by atoms with Crippen LogP contribution >= 0.6 is 37.5 Å². The van der Waals surface area contributed by atoms with Crippen molar-refractivity contribution in [1.29, 1.82) is 0 Å². The van der Waals surface area contributed by atoms with Crippen molar-refractivity contribution in [3.63, 3.8) is 0 Å². The highest BCUT2D eigenvalue weighted by Crippen LogP contribution is 2.27. The average Bonchev–Trinajstić information content (AvgIpc) is 2.60. The molecule has 0 unspecified atom stereocenters. The van der Waals surface area contributed by atoms with Crippen LogP contribution in [-0.2, 0) is 4.79 Å². The van der Waals surface area contributed by atoms with Crippen LogP contribution in [0.1, 0.15) is 0 Å². The molecule has 2 aromatic carbocycles. The molecule has 0 atom stereocenters. The lowest BCUT2D eigenvalue weighted by atomic mass is 10.2. The molecule has 5 nitrogen and oxygen atoms in total. The van der Waals surface area contributed by atoms with Crippen LogP contribution in [0.3, 0.4) is 0 Å². The molecule has 0 aliphatic rings. The van der Waals surface area contributed by atoms with Crippen molar-refractivity contribution in [3.05, 3.63) is 53.3 Å². The molecule has 0 saturated carbocycles. The molecule has 0 bridgehead atoms. The number of carbonyl (C=O) groups excluding carboxylic acids is 1. The third-order valence-corrected chi connectivity index (χ3v) is 5.48. The van der Waals surface area contributed by atoms with Gasteiger partial charge in [0.1, 0.15) is 12.1 Å². The fraction of sp³-hybridized carbons (Fsp3) is 0.118. The molecule has 25 heavy (non-hydrogen) atoms. The zero-order chi connectivity index (χ0) is 17.6. The first-order valence-corrected chi connectivity index (χ1v) is 10.9. The van der Waals surface area contributed by atoms with Crippen molar-refractivity contribution < 1.29 is 4.79 Å². The standard InChI is InChI=1S/C17H15BrN4OS2/c1-24-25-9-16(23)21-13-5-6-15-14(8-13)17(20-10-19-15)22-12-4-2-3-11(18)7-12/h2-8,10H,9H2,1H3,(H,21,23)(H,19,20,22). The number of nitrogens with zero attached hydrogens (tertiary/aromatic N) is 2. The number of carbonyl (C=O) groups is 1. The van der Waals surface area contributed by atoms with Gasteiger partial charge in [0.2, 0.25) is 5.91 Å². The molecule has 0 spiro atoms. The molecule has 128 valence electrons. The van der Waals surface area contributed by atoms with Gasteiger partial charge in [-0.2, -0.15) is 0 Å². The maximum absolute atomic E-state index is 11.9. The lowest BCUT2D eigenvalue weighted by Crippen LogP contribution is -2.13. The zero-order valence-corrected chi connectivity index (χ0v) is 16.5. The van der Waals surface area contributed by atoms with Gasteiger partial charge in [-0.05, 0) is 42.7 Å². The summed E-state index contributed by atoms with van der Waals surface area (Å²) in [6, 6.07) is 13.5. The molecule has 3 aromatic rings. The van der Waals surface area contributed by atoms with E-state index in [0.717, 1.165) is 26.8 Å². The highest BCUT2D eigenvalue weighted by Gasteiger charge is 2.08. The molecular formula is C17H15BrN4OS2. The molecule has 0 fully saturated rings. The van der Waals surface area contributed by atoms with E-state index in [4.69, 9.17) is 0 Å². The van der Waals surface area contributed by atoms with Crippen LogP contribution < -0.4 is 10.6 Å². The fourth-order valence-corrected chi connectivity index (χ4v) is 3.62. The highest BCUT2D eigenvalue weighted by atomic mass is 79.9. The second-order valence-electron chi connectivity index (χ2n) is 5.07. The number of hydrogen-bond donors (Lipinski definition) is 2. The Morgan fingerprint density at radius 1 is 1.16 bits per heavy atom. The molecule has 0 radical (unpaired) electrons. The number of benzene rings is 2. The molecule has 0 aliphatic heterocycles. The van der Waals surface area contributed by atoms with Crippen molar-refractivity contribution in [1.82, 2.24) is 9.97 Å². The quantitative estimate of drug-likeness (QED) is 0.526. The van der Waals surface area contributed by atoms with Crippen LogP contribution in [0, 0.1) is 0 Å². The normalized spacial score (nSPS) is 10.6. The molecule has 2 N–H and O–H groups in total. The van der Waals surface area contributed by atoms with Gasteiger partial charge in [0.05, 0.1) is 11.3 Å². The van der Waals surface area contributed by atoms with Crippen molar-refractivity contribution >= 4 is 71.5 Å². The maximum atomic E-state index is 11.9. The van der Waals surface area contributed by atoms with Gasteiger partial charge in [-0.15, -0.1) is 0 Å². The summed E-state index contributed by atoms with van der Waals surface area (Å²) in [5, 5.41) is 7.05. The van der Waals surface area contributed by atoms with Gasteiger partial charge in [-0.1, -0.05) is 43.6 Å². The Bertz CT molecular complexity index is 907. The number of hydrogen-bond acceptors (Lipinski definition) is 6. The fourth-order valence-electron chi connectivity index (χ4n) is 2.25. The SMILES string of the molecule is CSSCC(=O)Nc1ccc2ncnc(Nc3cccc(Br)c3)c2c1. The topological polar surface area (TPSA) is 66.9 Å². The average molecular weight is 435 g/mol. The zero-order valence-electron chi connectivity index (χ0n) is 13.3. The van der Waals surface area contributed by atoms with Crippen LogP contribution in [0.4, 0.5) is 17.2 Å². The Kier molecular flexibility index (Phi) is 6.17. The van der Waals surface area contributed by atoms with E-state index in [1.54, 1.807) is 10.8 Å². The minimum absolute atomic E-state index is 0.0305. The van der Waals surface area contributed by atoms with Crippen molar-refractivity contribution in [2.75, 3.05) is 22.6 Å². The van der Waals surface area contributed by atoms with Crippen molar-refractivity contribution in [2.45, 2.75) is 0 Å². The summed E-state index contributed by atoms with van der Waals surface area (Å²) in [4.78, 5) is 20.6. The predicted molar refractivity (Wildman–Crippen MR) is 112 cm³/mol. The van der Waals surface area contributed by atoms with Gasteiger partial charge >= 0.3 is 0 Å². The second-order valence-corrected chi connectivity index (χ2v) is 8.55. The molecule has 1 heterocycles. The molecule has 3 rings (SSSR count). The summed E-state index contributed by atoms with van der Waals surface area (Å²) in [6.45, 7) is 0. The van der Waals surface area contributed by atoms with E-state index < -0.39 is 0 Å². The Balaban J connectivity index is 1.88. The third-order valence-electron chi connectivity index (χ3n) is 3.31. The van der Waals surface area contributed by atoms with E-state index in [-0.39, 0.29) is 5.91 Å². The molecule has 0 saturated heterocycles. The first kappa shape index (κ1) is 18.0. The van der Waals surface area contributed by atoms with Crippen LogP contribution in [-0.4, -0.2) is 27.9 Å². The molecule has 8 heteroatoms. The van der Waals surface area contributed by atoms with Crippen molar-refractivity contribution in [3.8, 4) is 0 Å². The minimum atomic E-state index is -0.0305. The van der Waals surface area contributed by atoms with E-state index in [1.807, 2.05) is 48.7 Å². The molecular weight excluding hydrogens is 420 g/mol. The number of fused-ring (bicyclic) bond motifs is 1. The van der Waals surface area contributed by atoms with Gasteiger partial charge in [0.15, 0.2) is 0 Å². The second kappa shape index (κ2) is 8.55. The van der Waals surface area contributed by atoms with Gasteiger partial charge < -0.3 is 10.6 Å². The first-order valence-electron chi connectivity index (χ1n) is 7.38. The van der Waals surface area contributed by atoms with E-state index in [2.05, 4.69) is 36.5 Å². The largest absolute Gasteiger partial charge is 0.340 e. The van der Waals surface area contributed by atoms with Gasteiger partial charge in [-0.25, -0.2) is 9.97 Å². The number of rotatable bonds is 6. The summed E-state index contributed by atoms with van der Waals surface area (Å²) in [6.07, 6.45) is 3.47. The lowest BCUT2D eigenvalue weighted by molar-refractivity contribution is -0.113. The van der Waals surface area contributed by atoms with E-state index in [0.29, 0.717) is 11.6 Å². The Hall–Kier alpha value is -1.77. The maximum Gasteiger partial charge on any atom is 0.235 e. The van der Waals surface area contributed by atoms with Crippen LogP contribution in [0.5, 0.6) is 0 Å². The van der Waals surface area contributed by atoms with Crippen LogP contribution in [0.25, 0.3) is 10.9 Å². The van der Waals surface area contributed by atoms with Crippen molar-refractivity contribution in [2.24, 2.45) is 0 Å². The summed E-state index contributed by atoms with van der Waals surface area (Å²) in [5.74, 6) is 1.07. The van der Waals surface area contributed by atoms with E-state index in [1.165, 1.54) is 17.1 Å². The Morgan fingerprint density at radius 2 is 2.04 bits per heavy atom. The van der Waals surface area contributed by atoms with Crippen LogP contribution in [0.2, 0.25) is 0 Å². The molecule has 1 aromatic heterocycles. The van der Waals surface area contributed by atoms with Gasteiger partial charge in [0.25, 0.3) is 0 Å². The Morgan fingerprint density at radius 3 is 2.84 bits per heavy atom. The molecule has 1 amide bonds. The van der Waals surface area contributed by atoms with E-state index >= 15 is 0 Å². The number of anilines is 3. The predicted octanol–water partition coefficient (Wildman–Crippen LogP) is 5.09. The Labute approximate surface area is 161 Å². The van der Waals surface area contributed by atoms with Crippen LogP contribution in [0.15, 0.2) is 53.3 Å². The summed E-state index contributed by atoms with van der Waals surface area (Å²) >= 11 is 3.46. The highest BCUT2D eigenvalue weighted by molar-refractivity contribution is 9.10. The van der Waals surface area contributed by atoms with E-state index in [9.17, 15) is 4.79 Å². The summed E-state index contributed by atoms with van der Waals surface area (Å²) in [7, 11) is 3.08. The molecule has 0 aliphatic carbocycles. The summed E-state index contributed by atoms with van der Waals surface area (Å²) < 4.78 is 0.982. The number of amides is 1. The van der Waals surface area contributed by atoms with Gasteiger partial charge in [-0.3, -0.25) is 4.79 Å². The summed E-state index contributed by atoms with van der Waals surface area (Å²) in [5.41, 5.74) is 2.45. The van der Waals surface area contributed by atoms with Gasteiger partial charge in [0, 0.05) is 21.2 Å². The number of aromatic nitrogens is 2. The third kappa shape index (κ3) is 4.87. The smallest absolute Gasteiger partial charge is 0.235 e. The lowest BCUT2D eigenvalue weighted by Gasteiger charge is -2.10. The number of halogens is 1. The minimum Gasteiger partial charge on any atom is -0.340 e. The number of nitrogens with one attached hydrogen (secondary N) is 2. The first-order chi connectivity index (χ1) is 12.2. The monoisotopic (exact) mass is 434 g/mol.